The van der Waals surface area contributed by atoms with Gasteiger partial charge in [0.15, 0.2) is 9.84 Å². The summed E-state index contributed by atoms with van der Waals surface area (Å²) >= 11 is 0. The molecular weight excluding hydrogens is 210 g/mol. The Hall–Kier alpha value is -0.0900. The summed E-state index contributed by atoms with van der Waals surface area (Å²) in [6, 6.07) is 0.716. The van der Waals surface area contributed by atoms with Gasteiger partial charge in [-0.05, 0) is 24.7 Å². The van der Waals surface area contributed by atoms with Gasteiger partial charge in [0.1, 0.15) is 0 Å². The van der Waals surface area contributed by atoms with Crippen LogP contribution in [0.25, 0.3) is 0 Å². The van der Waals surface area contributed by atoms with Crippen LogP contribution in [0.1, 0.15) is 39.5 Å². The lowest BCUT2D eigenvalue weighted by Crippen LogP contribution is -2.44. The van der Waals surface area contributed by atoms with Crippen molar-refractivity contribution >= 4 is 9.84 Å². The molecule has 2 fully saturated rings. The Bertz CT molecular complexity index is 334. The third-order valence-corrected chi connectivity index (χ3v) is 5.69. The minimum absolute atomic E-state index is 0.206. The van der Waals surface area contributed by atoms with Crippen molar-refractivity contribution in [3.63, 3.8) is 0 Å². The summed E-state index contributed by atoms with van der Waals surface area (Å²) in [5, 5.41) is 3.54. The predicted molar refractivity (Wildman–Crippen MR) is 61.6 cm³/mol. The molecule has 2 aliphatic rings. The standard InChI is InChI=1S/C11H21NO2S/c1-11(2)6-3-4-10(11)12-9-5-7-15(13,14)8-9/h9-10,12H,3-8H2,1-2H3. The van der Waals surface area contributed by atoms with E-state index in [1.165, 1.54) is 19.3 Å². The molecule has 4 heteroatoms. The summed E-state index contributed by atoms with van der Waals surface area (Å²) < 4.78 is 22.7. The van der Waals surface area contributed by atoms with Crippen molar-refractivity contribution in [1.82, 2.24) is 5.32 Å². The minimum atomic E-state index is -2.74. The number of hydrogen-bond donors (Lipinski definition) is 1. The minimum Gasteiger partial charge on any atom is -0.310 e. The van der Waals surface area contributed by atoms with Gasteiger partial charge in [-0.3, -0.25) is 0 Å². The predicted octanol–water partition coefficient (Wildman–Crippen LogP) is 1.34. The second-order valence-electron chi connectivity index (χ2n) is 5.70. The molecule has 2 atom stereocenters. The van der Waals surface area contributed by atoms with E-state index in [4.69, 9.17) is 0 Å². The zero-order valence-corrected chi connectivity index (χ0v) is 10.4. The monoisotopic (exact) mass is 231 g/mol. The SMILES string of the molecule is CC1(C)CCCC1NC1CCS(=O)(=O)C1. The maximum absolute atomic E-state index is 11.3. The first-order valence-corrected chi connectivity index (χ1v) is 7.68. The molecule has 1 aliphatic carbocycles. The van der Waals surface area contributed by atoms with Gasteiger partial charge < -0.3 is 5.32 Å². The summed E-state index contributed by atoms with van der Waals surface area (Å²) in [5.41, 5.74) is 0.340. The Kier molecular flexibility index (Phi) is 2.84. The molecule has 0 spiro atoms. The second-order valence-corrected chi connectivity index (χ2v) is 7.93. The highest BCUT2D eigenvalue weighted by molar-refractivity contribution is 7.91. The van der Waals surface area contributed by atoms with Crippen LogP contribution in [0, 0.1) is 5.41 Å². The van der Waals surface area contributed by atoms with Gasteiger partial charge >= 0.3 is 0 Å². The van der Waals surface area contributed by atoms with Crippen molar-refractivity contribution in [2.75, 3.05) is 11.5 Å². The van der Waals surface area contributed by atoms with E-state index >= 15 is 0 Å². The molecular formula is C11H21NO2S. The maximum Gasteiger partial charge on any atom is 0.151 e. The van der Waals surface area contributed by atoms with E-state index in [1.807, 2.05) is 0 Å². The Morgan fingerprint density at radius 1 is 1.27 bits per heavy atom. The van der Waals surface area contributed by atoms with Crippen LogP contribution in [-0.4, -0.2) is 32.0 Å². The van der Waals surface area contributed by atoms with Crippen LogP contribution in [0.5, 0.6) is 0 Å². The Morgan fingerprint density at radius 3 is 2.47 bits per heavy atom. The molecule has 0 aromatic rings. The molecule has 0 amide bonds. The zero-order valence-electron chi connectivity index (χ0n) is 9.62. The topological polar surface area (TPSA) is 46.2 Å². The molecule has 0 aromatic carbocycles. The van der Waals surface area contributed by atoms with Crippen LogP contribution < -0.4 is 5.32 Å². The van der Waals surface area contributed by atoms with Crippen molar-refractivity contribution in [2.24, 2.45) is 5.41 Å². The molecule has 3 nitrogen and oxygen atoms in total. The van der Waals surface area contributed by atoms with Gasteiger partial charge in [-0.1, -0.05) is 20.3 Å². The number of hydrogen-bond acceptors (Lipinski definition) is 3. The van der Waals surface area contributed by atoms with Crippen LogP contribution in [-0.2, 0) is 9.84 Å². The molecule has 88 valence electrons. The lowest BCUT2D eigenvalue weighted by molar-refractivity contribution is 0.266. The van der Waals surface area contributed by atoms with Gasteiger partial charge in [0.25, 0.3) is 0 Å². The highest BCUT2D eigenvalue weighted by atomic mass is 32.2. The van der Waals surface area contributed by atoms with Gasteiger partial charge in [0, 0.05) is 12.1 Å². The Labute approximate surface area is 92.6 Å². The second kappa shape index (κ2) is 3.74. The quantitative estimate of drug-likeness (QED) is 0.780. The number of rotatable bonds is 2. The van der Waals surface area contributed by atoms with E-state index in [0.29, 0.717) is 23.0 Å². The summed E-state index contributed by atoms with van der Waals surface area (Å²) in [4.78, 5) is 0. The van der Waals surface area contributed by atoms with Crippen LogP contribution in [0.3, 0.4) is 0 Å². The number of sulfone groups is 1. The van der Waals surface area contributed by atoms with E-state index in [1.54, 1.807) is 0 Å². The summed E-state index contributed by atoms with van der Waals surface area (Å²) in [6.45, 7) is 4.56. The van der Waals surface area contributed by atoms with E-state index in [2.05, 4.69) is 19.2 Å². The first-order valence-electron chi connectivity index (χ1n) is 5.86. The molecule has 1 saturated heterocycles. The highest BCUT2D eigenvalue weighted by Gasteiger charge is 2.37. The fourth-order valence-corrected chi connectivity index (χ4v) is 4.53. The van der Waals surface area contributed by atoms with Crippen molar-refractivity contribution < 1.29 is 8.42 Å². The molecule has 2 rings (SSSR count). The molecule has 15 heavy (non-hydrogen) atoms. The molecule has 2 unspecified atom stereocenters. The van der Waals surface area contributed by atoms with Gasteiger partial charge in [-0.25, -0.2) is 8.42 Å². The third kappa shape index (κ3) is 2.53. The van der Waals surface area contributed by atoms with E-state index < -0.39 is 9.84 Å². The van der Waals surface area contributed by atoms with Crippen LogP contribution >= 0.6 is 0 Å². The zero-order chi connectivity index (χ0) is 11.1. The summed E-state index contributed by atoms with van der Waals surface area (Å²) in [5.74, 6) is 0.720. The summed E-state index contributed by atoms with van der Waals surface area (Å²) in [7, 11) is -2.74. The molecule has 1 heterocycles. The van der Waals surface area contributed by atoms with Crippen LogP contribution in [0.15, 0.2) is 0 Å². The van der Waals surface area contributed by atoms with Crippen molar-refractivity contribution in [2.45, 2.75) is 51.6 Å². The largest absolute Gasteiger partial charge is 0.310 e. The normalized spacial score (nSPS) is 38.3. The fourth-order valence-electron chi connectivity index (χ4n) is 2.85. The van der Waals surface area contributed by atoms with Gasteiger partial charge in [0.2, 0.25) is 0 Å². The first-order chi connectivity index (χ1) is 6.89. The maximum atomic E-state index is 11.3. The fraction of sp³-hybridized carbons (Fsp3) is 1.00. The lowest BCUT2D eigenvalue weighted by Gasteiger charge is -2.30. The summed E-state index contributed by atoms with van der Waals surface area (Å²) in [6.07, 6.45) is 4.52. The van der Waals surface area contributed by atoms with Gasteiger partial charge in [-0.15, -0.1) is 0 Å². The molecule has 1 aliphatic heterocycles. The lowest BCUT2D eigenvalue weighted by atomic mass is 9.87. The average molecular weight is 231 g/mol. The third-order valence-electron chi connectivity index (χ3n) is 3.93. The van der Waals surface area contributed by atoms with Crippen molar-refractivity contribution in [3.05, 3.63) is 0 Å². The number of nitrogens with one attached hydrogen (secondary N) is 1. The molecule has 1 saturated carbocycles. The first kappa shape index (κ1) is 11.4. The highest BCUT2D eigenvalue weighted by Crippen LogP contribution is 2.37. The molecule has 1 N–H and O–H groups in total. The van der Waals surface area contributed by atoms with Crippen molar-refractivity contribution in [3.8, 4) is 0 Å². The molecule has 0 radical (unpaired) electrons. The molecule has 0 aromatic heterocycles. The van der Waals surface area contributed by atoms with Gasteiger partial charge in [0.05, 0.1) is 11.5 Å². The molecule has 0 bridgehead atoms. The van der Waals surface area contributed by atoms with E-state index in [-0.39, 0.29) is 6.04 Å². The van der Waals surface area contributed by atoms with E-state index in [0.717, 1.165) is 6.42 Å². The van der Waals surface area contributed by atoms with Crippen LogP contribution in [0.4, 0.5) is 0 Å². The Morgan fingerprint density at radius 2 is 2.00 bits per heavy atom. The Balaban J connectivity index is 1.93. The van der Waals surface area contributed by atoms with E-state index in [9.17, 15) is 8.42 Å². The smallest absolute Gasteiger partial charge is 0.151 e. The average Bonchev–Trinajstić information content (AvgIpc) is 2.57. The van der Waals surface area contributed by atoms with Crippen LogP contribution in [0.2, 0.25) is 0 Å². The van der Waals surface area contributed by atoms with Gasteiger partial charge in [-0.2, -0.15) is 0 Å². The van der Waals surface area contributed by atoms with Crippen molar-refractivity contribution in [1.29, 1.82) is 0 Å².